The lowest BCUT2D eigenvalue weighted by Crippen LogP contribution is -2.06. The monoisotopic (exact) mass is 432 g/mol. The van der Waals surface area contributed by atoms with Crippen LogP contribution in [0.2, 0.25) is 5.02 Å². The highest BCUT2D eigenvalue weighted by Crippen LogP contribution is 2.38. The van der Waals surface area contributed by atoms with E-state index in [2.05, 4.69) is 46.0 Å². The number of fused-ring (bicyclic) bond motifs is 1. The van der Waals surface area contributed by atoms with Crippen molar-refractivity contribution >= 4 is 57.5 Å². The number of hydrogen-bond donors (Lipinski definition) is 0. The fourth-order valence-electron chi connectivity index (χ4n) is 2.90. The second-order valence-electron chi connectivity index (χ2n) is 5.97. The molecular weight excluding hydrogens is 416 g/mol. The third-order valence-electron chi connectivity index (χ3n) is 4.13. The smallest absolute Gasteiger partial charge is 0.175 e. The van der Waals surface area contributed by atoms with Crippen LogP contribution in [0.3, 0.4) is 0 Å². The van der Waals surface area contributed by atoms with E-state index in [1.165, 1.54) is 5.56 Å². The molecule has 4 aromatic rings. The molecule has 2 aromatic heterocycles. The van der Waals surface area contributed by atoms with Gasteiger partial charge in [0, 0.05) is 11.6 Å². The van der Waals surface area contributed by atoms with Gasteiger partial charge in [0.15, 0.2) is 8.68 Å². The molecule has 0 saturated carbocycles. The first-order chi connectivity index (χ1) is 13.1. The van der Waals surface area contributed by atoms with E-state index < -0.39 is 0 Å². The number of thioether (sulfide) groups is 2. The quantitative estimate of drug-likeness (QED) is 0.341. The largest absolute Gasteiger partial charge is 0.323 e. The van der Waals surface area contributed by atoms with Crippen molar-refractivity contribution in [3.63, 3.8) is 0 Å². The Kier molecular flexibility index (Phi) is 5.73. The molecule has 138 valence electrons. The Labute approximate surface area is 175 Å². The highest BCUT2D eigenvalue weighted by Gasteiger charge is 2.20. The fourth-order valence-corrected chi connectivity index (χ4v) is 5.76. The zero-order chi connectivity index (χ0) is 18.8. The maximum absolute atomic E-state index is 6.20. The highest BCUT2D eigenvalue weighted by molar-refractivity contribution is 8.03. The molecule has 0 aliphatic carbocycles. The average Bonchev–Trinajstić information content (AvgIpc) is 3.27. The first kappa shape index (κ1) is 18.8. The van der Waals surface area contributed by atoms with Gasteiger partial charge in [0.25, 0.3) is 0 Å². The normalized spacial score (nSPS) is 12.6. The van der Waals surface area contributed by atoms with Crippen LogP contribution in [0, 0.1) is 0 Å². The van der Waals surface area contributed by atoms with E-state index in [0.29, 0.717) is 5.02 Å². The highest BCUT2D eigenvalue weighted by atomic mass is 35.5. The topological polar surface area (TPSA) is 43.6 Å². The summed E-state index contributed by atoms with van der Waals surface area (Å²) in [7, 11) is 0. The van der Waals surface area contributed by atoms with Crippen LogP contribution in [0.25, 0.3) is 11.0 Å². The van der Waals surface area contributed by atoms with Gasteiger partial charge in [-0.05, 0) is 36.9 Å². The molecule has 0 fully saturated rings. The molecule has 4 nitrogen and oxygen atoms in total. The van der Waals surface area contributed by atoms with Crippen LogP contribution < -0.4 is 0 Å². The number of benzene rings is 2. The van der Waals surface area contributed by atoms with Crippen LogP contribution >= 0.6 is 46.5 Å². The number of nitrogens with zero attached hydrogens (tertiary/aromatic N) is 4. The van der Waals surface area contributed by atoms with E-state index in [4.69, 9.17) is 16.6 Å². The molecule has 1 atom stereocenters. The van der Waals surface area contributed by atoms with Crippen molar-refractivity contribution in [3.05, 3.63) is 64.9 Å². The third-order valence-corrected chi connectivity index (χ3v) is 7.44. The molecule has 2 aromatic carbocycles. The second kappa shape index (κ2) is 8.22. The summed E-state index contributed by atoms with van der Waals surface area (Å²) in [4.78, 5) is 4.90. The third kappa shape index (κ3) is 4.16. The molecule has 0 aliphatic rings. The van der Waals surface area contributed by atoms with Gasteiger partial charge < -0.3 is 4.57 Å². The van der Waals surface area contributed by atoms with Crippen molar-refractivity contribution in [2.24, 2.45) is 0 Å². The number of halogens is 1. The summed E-state index contributed by atoms with van der Waals surface area (Å²) >= 11 is 11.1. The molecule has 0 saturated heterocycles. The summed E-state index contributed by atoms with van der Waals surface area (Å²) in [6.45, 7) is 2.93. The maximum Gasteiger partial charge on any atom is 0.175 e. The van der Waals surface area contributed by atoms with Gasteiger partial charge in [-0.3, -0.25) is 0 Å². The first-order valence-corrected chi connectivity index (χ1v) is 11.7. The van der Waals surface area contributed by atoms with Crippen LogP contribution in [-0.2, 0) is 6.54 Å². The summed E-state index contributed by atoms with van der Waals surface area (Å²) in [6.07, 6.45) is 2.02. The number of aromatic nitrogens is 4. The van der Waals surface area contributed by atoms with Crippen molar-refractivity contribution in [1.29, 1.82) is 0 Å². The summed E-state index contributed by atoms with van der Waals surface area (Å²) < 4.78 is 4.22. The standard InChI is InChI=1S/C19H17ClN4S3/c1-12(26-19-23-22-18(25-2)27-19)17-21-15-10-14(20)8-9-16(15)24(17)11-13-6-4-3-5-7-13/h3-10,12H,11H2,1-2H3. The lowest BCUT2D eigenvalue weighted by atomic mass is 10.2. The SMILES string of the molecule is CSc1nnc(SC(C)c2nc3cc(Cl)ccc3n2Cc2ccccc2)s1. The Bertz CT molecular complexity index is 1060. The summed E-state index contributed by atoms with van der Waals surface area (Å²) in [5, 5.41) is 9.32. The Hall–Kier alpha value is -1.54. The van der Waals surface area contributed by atoms with Crippen LogP contribution in [-0.4, -0.2) is 26.0 Å². The Morgan fingerprint density at radius 3 is 2.63 bits per heavy atom. The Morgan fingerprint density at radius 1 is 1.11 bits per heavy atom. The zero-order valence-electron chi connectivity index (χ0n) is 14.8. The van der Waals surface area contributed by atoms with E-state index in [0.717, 1.165) is 32.1 Å². The molecule has 1 unspecified atom stereocenters. The maximum atomic E-state index is 6.20. The lowest BCUT2D eigenvalue weighted by molar-refractivity contribution is 0.745. The summed E-state index contributed by atoms with van der Waals surface area (Å²) in [6, 6.07) is 16.3. The molecule has 4 rings (SSSR count). The van der Waals surface area contributed by atoms with E-state index in [1.807, 2.05) is 30.5 Å². The molecule has 0 bridgehead atoms. The van der Waals surface area contributed by atoms with Gasteiger partial charge >= 0.3 is 0 Å². The predicted molar refractivity (Wildman–Crippen MR) is 116 cm³/mol. The van der Waals surface area contributed by atoms with Crippen LogP contribution in [0.1, 0.15) is 23.6 Å². The van der Waals surface area contributed by atoms with Crippen molar-refractivity contribution in [2.45, 2.75) is 27.4 Å². The molecule has 0 radical (unpaired) electrons. The average molecular weight is 433 g/mol. The molecular formula is C19H17ClN4S3. The van der Waals surface area contributed by atoms with E-state index in [1.54, 1.807) is 34.9 Å². The second-order valence-corrected chi connectivity index (χ2v) is 10.0. The van der Waals surface area contributed by atoms with Gasteiger partial charge in [0.1, 0.15) is 5.82 Å². The zero-order valence-corrected chi connectivity index (χ0v) is 18.0. The summed E-state index contributed by atoms with van der Waals surface area (Å²) in [5.41, 5.74) is 3.25. The van der Waals surface area contributed by atoms with E-state index in [9.17, 15) is 0 Å². The van der Waals surface area contributed by atoms with Gasteiger partial charge in [-0.1, -0.05) is 76.8 Å². The van der Waals surface area contributed by atoms with Gasteiger partial charge in [-0.15, -0.1) is 10.2 Å². The van der Waals surface area contributed by atoms with Gasteiger partial charge in [0.2, 0.25) is 0 Å². The van der Waals surface area contributed by atoms with Gasteiger partial charge in [-0.2, -0.15) is 0 Å². The number of rotatable bonds is 6. The van der Waals surface area contributed by atoms with Crippen LogP contribution in [0.4, 0.5) is 0 Å². The Morgan fingerprint density at radius 2 is 1.89 bits per heavy atom. The van der Waals surface area contributed by atoms with Gasteiger partial charge in [0.05, 0.1) is 16.3 Å². The lowest BCUT2D eigenvalue weighted by Gasteiger charge is -2.13. The van der Waals surface area contributed by atoms with Crippen LogP contribution in [0.5, 0.6) is 0 Å². The Balaban J connectivity index is 1.72. The van der Waals surface area contributed by atoms with Crippen molar-refractivity contribution in [2.75, 3.05) is 6.26 Å². The van der Waals surface area contributed by atoms with E-state index in [-0.39, 0.29) is 5.25 Å². The molecule has 0 spiro atoms. The molecule has 2 heterocycles. The van der Waals surface area contributed by atoms with Crippen molar-refractivity contribution < 1.29 is 0 Å². The molecule has 0 aliphatic heterocycles. The summed E-state index contributed by atoms with van der Waals surface area (Å²) in [5.74, 6) is 1.02. The molecule has 0 N–H and O–H groups in total. The molecule has 8 heteroatoms. The van der Waals surface area contributed by atoms with Gasteiger partial charge in [-0.25, -0.2) is 4.98 Å². The van der Waals surface area contributed by atoms with Crippen molar-refractivity contribution in [1.82, 2.24) is 19.7 Å². The first-order valence-electron chi connectivity index (χ1n) is 8.38. The molecule has 27 heavy (non-hydrogen) atoms. The molecule has 0 amide bonds. The minimum absolute atomic E-state index is 0.141. The number of imidazole rings is 1. The van der Waals surface area contributed by atoms with Crippen LogP contribution in [0.15, 0.2) is 57.2 Å². The van der Waals surface area contributed by atoms with E-state index >= 15 is 0 Å². The number of hydrogen-bond acceptors (Lipinski definition) is 6. The fraction of sp³-hybridized carbons (Fsp3) is 0.211. The minimum Gasteiger partial charge on any atom is -0.323 e. The predicted octanol–water partition coefficient (Wildman–Crippen LogP) is 6.16. The minimum atomic E-state index is 0.141. The van der Waals surface area contributed by atoms with Crippen molar-refractivity contribution in [3.8, 4) is 0 Å².